The van der Waals surface area contributed by atoms with Gasteiger partial charge < -0.3 is 10.6 Å². The molecule has 248 valence electrons. The molecule has 0 bridgehead atoms. The lowest BCUT2D eigenvalue weighted by molar-refractivity contribution is -0.121. The summed E-state index contributed by atoms with van der Waals surface area (Å²) in [6, 6.07) is 32.9. The maximum absolute atomic E-state index is 14.6. The first kappa shape index (κ1) is 34.4. The molecule has 0 aliphatic carbocycles. The number of alkyl halides is 2. The van der Waals surface area contributed by atoms with Gasteiger partial charge >= 0.3 is 5.92 Å². The van der Waals surface area contributed by atoms with Gasteiger partial charge in [-0.1, -0.05) is 103 Å². The van der Waals surface area contributed by atoms with E-state index < -0.39 is 36.2 Å². The van der Waals surface area contributed by atoms with Crippen LogP contribution in [0, 0.1) is 0 Å². The highest BCUT2D eigenvalue weighted by atomic mass is 35.5. The SMILES string of the molecule is O=C(Cn1c(Cl)cnc(NCC(F)(F)c2ccccn2)c1=O)NCc1ccccc1CN(CCc1ccccc1)CCc1ccccc1. The van der Waals surface area contributed by atoms with E-state index >= 15 is 0 Å². The number of hydrogen-bond acceptors (Lipinski definition) is 6. The second-order valence-electron chi connectivity index (χ2n) is 11.4. The number of hydrogen-bond donors (Lipinski definition) is 2. The van der Waals surface area contributed by atoms with Gasteiger partial charge in [0.2, 0.25) is 5.91 Å². The summed E-state index contributed by atoms with van der Waals surface area (Å²) in [6.07, 6.45) is 4.23. The number of benzene rings is 3. The Hall–Kier alpha value is -4.93. The van der Waals surface area contributed by atoms with E-state index in [2.05, 4.69) is 55.8 Å². The Morgan fingerprint density at radius 2 is 1.42 bits per heavy atom. The van der Waals surface area contributed by atoms with Crippen molar-refractivity contribution in [3.8, 4) is 0 Å². The standard InChI is InChI=1S/C37H37ClF2N6O2/c38-33-24-43-35(44-27-37(39,40)32-17-9-10-20-41-32)36(48)46(33)26-34(47)42-23-30-15-7-8-16-31(30)25-45(21-18-28-11-3-1-4-12-28)22-19-29-13-5-2-6-14-29/h1-17,20,24H,18-19,21-23,25-27H2,(H,42,47)(H,43,44). The van der Waals surface area contributed by atoms with Gasteiger partial charge in [0.25, 0.3) is 5.56 Å². The Balaban J connectivity index is 1.22. The van der Waals surface area contributed by atoms with E-state index in [0.717, 1.165) is 47.8 Å². The average Bonchev–Trinajstić information content (AvgIpc) is 3.11. The van der Waals surface area contributed by atoms with Crippen molar-refractivity contribution in [3.05, 3.63) is 159 Å². The molecule has 0 aliphatic heterocycles. The number of halogens is 3. The molecule has 1 amide bonds. The van der Waals surface area contributed by atoms with Gasteiger partial charge in [-0.05, 0) is 47.2 Å². The first-order valence-electron chi connectivity index (χ1n) is 15.7. The number of anilines is 1. The van der Waals surface area contributed by atoms with E-state index in [1.165, 1.54) is 35.5 Å². The molecule has 2 N–H and O–H groups in total. The Morgan fingerprint density at radius 1 is 0.812 bits per heavy atom. The van der Waals surface area contributed by atoms with Crippen molar-refractivity contribution in [3.63, 3.8) is 0 Å². The van der Waals surface area contributed by atoms with Crippen molar-refractivity contribution in [1.29, 1.82) is 0 Å². The number of pyridine rings is 1. The Morgan fingerprint density at radius 3 is 2.04 bits per heavy atom. The Labute approximate surface area is 283 Å². The normalized spacial score (nSPS) is 11.4. The predicted octanol–water partition coefficient (Wildman–Crippen LogP) is 6.10. The van der Waals surface area contributed by atoms with E-state index in [1.54, 1.807) is 0 Å². The van der Waals surface area contributed by atoms with Crippen LogP contribution in [0.25, 0.3) is 0 Å². The fraction of sp³-hybridized carbons (Fsp3) is 0.243. The van der Waals surface area contributed by atoms with Crippen LogP contribution in [0.4, 0.5) is 14.6 Å². The lowest BCUT2D eigenvalue weighted by atomic mass is 10.1. The van der Waals surface area contributed by atoms with E-state index in [4.69, 9.17) is 11.6 Å². The van der Waals surface area contributed by atoms with Crippen LogP contribution < -0.4 is 16.2 Å². The third kappa shape index (κ3) is 9.79. The molecule has 0 atom stereocenters. The van der Waals surface area contributed by atoms with Gasteiger partial charge in [-0.15, -0.1) is 0 Å². The van der Waals surface area contributed by atoms with E-state index in [9.17, 15) is 18.4 Å². The monoisotopic (exact) mass is 670 g/mol. The average molecular weight is 671 g/mol. The maximum Gasteiger partial charge on any atom is 0.306 e. The second kappa shape index (κ2) is 16.8. The largest absolute Gasteiger partial charge is 0.359 e. The minimum Gasteiger partial charge on any atom is -0.359 e. The number of rotatable bonds is 16. The molecule has 48 heavy (non-hydrogen) atoms. The molecule has 5 aromatic rings. The van der Waals surface area contributed by atoms with Crippen LogP contribution in [-0.2, 0) is 43.2 Å². The molecule has 2 heterocycles. The topological polar surface area (TPSA) is 92.1 Å². The molecule has 0 saturated carbocycles. The second-order valence-corrected chi connectivity index (χ2v) is 11.8. The molecular weight excluding hydrogens is 634 g/mol. The summed E-state index contributed by atoms with van der Waals surface area (Å²) >= 11 is 6.21. The summed E-state index contributed by atoms with van der Waals surface area (Å²) in [5.74, 6) is -4.17. The summed E-state index contributed by atoms with van der Waals surface area (Å²) < 4.78 is 30.2. The molecule has 5 rings (SSSR count). The summed E-state index contributed by atoms with van der Waals surface area (Å²) in [5.41, 5.74) is 3.34. The molecule has 0 unspecified atom stereocenters. The minimum atomic E-state index is -3.36. The molecule has 8 nitrogen and oxygen atoms in total. The van der Waals surface area contributed by atoms with Gasteiger partial charge in [-0.3, -0.25) is 24.0 Å². The van der Waals surface area contributed by atoms with Crippen LogP contribution in [0.1, 0.15) is 27.9 Å². The summed E-state index contributed by atoms with van der Waals surface area (Å²) in [7, 11) is 0. The lowest BCUT2D eigenvalue weighted by Gasteiger charge is -2.24. The molecule has 0 radical (unpaired) electrons. The van der Waals surface area contributed by atoms with Gasteiger partial charge in [0.1, 0.15) is 17.4 Å². The zero-order valence-corrected chi connectivity index (χ0v) is 27.1. The van der Waals surface area contributed by atoms with Crippen LogP contribution in [0.15, 0.2) is 120 Å². The lowest BCUT2D eigenvalue weighted by Crippen LogP contribution is -2.35. The Bertz CT molecular complexity index is 1780. The number of nitrogens with zero attached hydrogens (tertiary/aromatic N) is 4. The Kier molecular flexibility index (Phi) is 12.0. The highest BCUT2D eigenvalue weighted by Crippen LogP contribution is 2.25. The van der Waals surface area contributed by atoms with Gasteiger partial charge in [0.15, 0.2) is 5.82 Å². The summed E-state index contributed by atoms with van der Waals surface area (Å²) in [6.45, 7) is 1.34. The molecule has 0 aliphatic rings. The van der Waals surface area contributed by atoms with Crippen molar-refractivity contribution < 1.29 is 13.6 Å². The molecule has 0 saturated heterocycles. The van der Waals surface area contributed by atoms with Gasteiger partial charge in [-0.2, -0.15) is 8.78 Å². The predicted molar refractivity (Wildman–Crippen MR) is 184 cm³/mol. The van der Waals surface area contributed by atoms with Gasteiger partial charge in [0, 0.05) is 32.4 Å². The zero-order chi connectivity index (χ0) is 33.8. The number of carbonyl (C=O) groups excluding carboxylic acids is 1. The number of carbonyl (C=O) groups is 1. The van der Waals surface area contributed by atoms with Crippen molar-refractivity contribution in [1.82, 2.24) is 24.8 Å². The van der Waals surface area contributed by atoms with Crippen molar-refractivity contribution in [2.24, 2.45) is 0 Å². The molecule has 0 fully saturated rings. The fourth-order valence-electron chi connectivity index (χ4n) is 5.25. The van der Waals surface area contributed by atoms with Crippen LogP contribution in [-0.4, -0.2) is 45.0 Å². The van der Waals surface area contributed by atoms with Crippen molar-refractivity contribution in [2.75, 3.05) is 25.0 Å². The summed E-state index contributed by atoms with van der Waals surface area (Å²) in [5, 5.41) is 5.18. The highest BCUT2D eigenvalue weighted by Gasteiger charge is 2.33. The quantitative estimate of drug-likeness (QED) is 0.132. The van der Waals surface area contributed by atoms with E-state index in [-0.39, 0.29) is 17.5 Å². The highest BCUT2D eigenvalue weighted by molar-refractivity contribution is 6.29. The fourth-order valence-corrected chi connectivity index (χ4v) is 5.44. The van der Waals surface area contributed by atoms with E-state index in [1.807, 2.05) is 54.6 Å². The van der Waals surface area contributed by atoms with Crippen LogP contribution >= 0.6 is 11.6 Å². The van der Waals surface area contributed by atoms with Gasteiger partial charge in [-0.25, -0.2) is 4.98 Å². The number of aromatic nitrogens is 3. The number of nitrogens with one attached hydrogen (secondary N) is 2. The number of amides is 1. The smallest absolute Gasteiger partial charge is 0.306 e. The van der Waals surface area contributed by atoms with Crippen molar-refractivity contribution in [2.45, 2.75) is 38.4 Å². The van der Waals surface area contributed by atoms with Crippen LogP contribution in [0.3, 0.4) is 0 Å². The molecule has 2 aromatic heterocycles. The summed E-state index contributed by atoms with van der Waals surface area (Å²) in [4.78, 5) is 36.1. The first-order chi connectivity index (χ1) is 23.3. The molecule has 3 aromatic carbocycles. The van der Waals surface area contributed by atoms with Crippen LogP contribution in [0.2, 0.25) is 5.15 Å². The molecule has 0 spiro atoms. The zero-order valence-electron chi connectivity index (χ0n) is 26.4. The first-order valence-corrected chi connectivity index (χ1v) is 16.1. The molecular formula is C37H37ClF2N6O2. The van der Waals surface area contributed by atoms with Crippen LogP contribution in [0.5, 0.6) is 0 Å². The maximum atomic E-state index is 14.6. The third-order valence-corrected chi connectivity index (χ3v) is 8.23. The van der Waals surface area contributed by atoms with Gasteiger partial charge in [0.05, 0.1) is 12.7 Å². The third-order valence-electron chi connectivity index (χ3n) is 7.93. The molecule has 11 heteroatoms. The van der Waals surface area contributed by atoms with Crippen molar-refractivity contribution >= 4 is 23.3 Å². The minimum absolute atomic E-state index is 0.0925. The van der Waals surface area contributed by atoms with E-state index in [0.29, 0.717) is 6.54 Å².